The van der Waals surface area contributed by atoms with Crippen molar-refractivity contribution in [3.8, 4) is 5.75 Å². The molecule has 0 radical (unpaired) electrons. The fraction of sp³-hybridized carbons (Fsp3) is 0.579. The van der Waals surface area contributed by atoms with Crippen LogP contribution < -0.4 is 10.1 Å². The number of methoxy groups -OCH3 is 1. The smallest absolute Gasteiger partial charge is 0.223 e. The van der Waals surface area contributed by atoms with Crippen LogP contribution in [0, 0.1) is 17.8 Å². The number of benzene rings is 1. The highest BCUT2D eigenvalue weighted by atomic mass is 16.5. The quantitative estimate of drug-likeness (QED) is 0.928. The van der Waals surface area contributed by atoms with Gasteiger partial charge in [-0.3, -0.25) is 9.59 Å². The highest BCUT2D eigenvalue weighted by Gasteiger charge is 2.41. The molecular formula is C19H25NO3. The molecule has 0 aliphatic heterocycles. The van der Waals surface area contributed by atoms with Crippen molar-refractivity contribution < 1.29 is 14.3 Å². The molecule has 4 heteroatoms. The molecule has 2 aliphatic carbocycles. The van der Waals surface area contributed by atoms with Crippen LogP contribution in [0.3, 0.4) is 0 Å². The maximum atomic E-state index is 12.7. The van der Waals surface area contributed by atoms with Gasteiger partial charge >= 0.3 is 0 Å². The normalized spacial score (nSPS) is 28.1. The fourth-order valence-electron chi connectivity index (χ4n) is 4.13. The summed E-state index contributed by atoms with van der Waals surface area (Å²) < 4.78 is 5.37. The first-order chi connectivity index (χ1) is 11.1. The lowest BCUT2D eigenvalue weighted by atomic mass is 9.67. The van der Waals surface area contributed by atoms with Gasteiger partial charge in [-0.05, 0) is 38.7 Å². The predicted molar refractivity (Wildman–Crippen MR) is 88.1 cm³/mol. The number of nitrogens with one attached hydrogen (secondary N) is 1. The molecule has 4 atom stereocenters. The lowest BCUT2D eigenvalue weighted by molar-refractivity contribution is -0.137. The molecular weight excluding hydrogens is 290 g/mol. The molecule has 0 saturated heterocycles. The Bertz CT molecular complexity index is 582. The summed E-state index contributed by atoms with van der Waals surface area (Å²) in [4.78, 5) is 24.8. The van der Waals surface area contributed by atoms with E-state index in [2.05, 4.69) is 5.32 Å². The Kier molecular flexibility index (Phi) is 4.69. The van der Waals surface area contributed by atoms with E-state index in [1.165, 1.54) is 0 Å². The van der Waals surface area contributed by atoms with Crippen LogP contribution >= 0.6 is 0 Å². The summed E-state index contributed by atoms with van der Waals surface area (Å²) >= 11 is 0. The van der Waals surface area contributed by atoms with Crippen molar-refractivity contribution in [3.63, 3.8) is 0 Å². The Hall–Kier alpha value is -1.84. The molecule has 23 heavy (non-hydrogen) atoms. The second-order valence-electron chi connectivity index (χ2n) is 6.87. The average Bonchev–Trinajstić information content (AvgIpc) is 2.54. The minimum absolute atomic E-state index is 0.0276. The number of ether oxygens (including phenoxy) is 1. The van der Waals surface area contributed by atoms with Gasteiger partial charge in [-0.15, -0.1) is 0 Å². The van der Waals surface area contributed by atoms with E-state index < -0.39 is 0 Å². The van der Waals surface area contributed by atoms with Crippen LogP contribution in [0.2, 0.25) is 0 Å². The Morgan fingerprint density at radius 2 is 1.87 bits per heavy atom. The zero-order valence-corrected chi connectivity index (χ0v) is 13.9. The second-order valence-corrected chi connectivity index (χ2v) is 6.87. The summed E-state index contributed by atoms with van der Waals surface area (Å²) in [5, 5.41) is 3.11. The van der Waals surface area contributed by atoms with Crippen LogP contribution in [0.1, 0.15) is 50.6 Å². The number of carbonyl (C=O) groups is 2. The number of hydrogen-bond donors (Lipinski definition) is 1. The number of hydrogen-bond acceptors (Lipinski definition) is 3. The second kappa shape index (κ2) is 6.73. The molecule has 0 aromatic heterocycles. The number of ketones is 1. The summed E-state index contributed by atoms with van der Waals surface area (Å²) in [6.45, 7) is 1.98. The van der Waals surface area contributed by atoms with Gasteiger partial charge in [0.25, 0.3) is 0 Å². The standard InChI is InChI=1S/C19H25NO3/c1-12(16-8-3-4-9-17(16)23-2)20-19(22)15-10-13-6-5-7-14(11-15)18(13)21/h3-4,8-9,12-15H,5-7,10-11H2,1-2H3,(H,20,22)/t12-,13-,14+,15?/m1/s1. The van der Waals surface area contributed by atoms with Crippen molar-refractivity contribution in [1.82, 2.24) is 5.32 Å². The lowest BCUT2D eigenvalue weighted by Crippen LogP contribution is -2.43. The Morgan fingerprint density at radius 1 is 1.22 bits per heavy atom. The Morgan fingerprint density at radius 3 is 2.52 bits per heavy atom. The molecule has 3 rings (SSSR count). The van der Waals surface area contributed by atoms with Crippen LogP contribution in [0.5, 0.6) is 5.75 Å². The molecule has 1 N–H and O–H groups in total. The van der Waals surface area contributed by atoms with E-state index in [0.29, 0.717) is 5.78 Å². The van der Waals surface area contributed by atoms with Gasteiger partial charge in [-0.1, -0.05) is 24.6 Å². The van der Waals surface area contributed by atoms with Gasteiger partial charge in [-0.25, -0.2) is 0 Å². The van der Waals surface area contributed by atoms with E-state index >= 15 is 0 Å². The van der Waals surface area contributed by atoms with Crippen molar-refractivity contribution >= 4 is 11.7 Å². The predicted octanol–water partition coefficient (Wildman–Crippen LogP) is 3.27. The maximum absolute atomic E-state index is 12.7. The first-order valence-electron chi connectivity index (χ1n) is 8.57. The first-order valence-corrected chi connectivity index (χ1v) is 8.57. The molecule has 2 bridgehead atoms. The van der Waals surface area contributed by atoms with E-state index in [-0.39, 0.29) is 29.7 Å². The van der Waals surface area contributed by atoms with Gasteiger partial charge in [-0.2, -0.15) is 0 Å². The number of amides is 1. The summed E-state index contributed by atoms with van der Waals surface area (Å²) in [5.41, 5.74) is 0.982. The van der Waals surface area contributed by atoms with Gasteiger partial charge in [0.15, 0.2) is 0 Å². The van der Waals surface area contributed by atoms with Gasteiger partial charge in [0.05, 0.1) is 13.2 Å². The van der Waals surface area contributed by atoms with Crippen molar-refractivity contribution in [2.24, 2.45) is 17.8 Å². The fourth-order valence-corrected chi connectivity index (χ4v) is 4.13. The molecule has 1 aromatic carbocycles. The molecule has 0 spiro atoms. The van der Waals surface area contributed by atoms with Crippen LogP contribution in [-0.2, 0) is 9.59 Å². The number of fused-ring (bicyclic) bond motifs is 2. The van der Waals surface area contributed by atoms with Gasteiger partial charge < -0.3 is 10.1 Å². The average molecular weight is 315 g/mol. The topological polar surface area (TPSA) is 55.4 Å². The number of rotatable bonds is 4. The zero-order valence-electron chi connectivity index (χ0n) is 13.9. The summed E-state index contributed by atoms with van der Waals surface area (Å²) in [6.07, 6.45) is 4.50. The van der Waals surface area contributed by atoms with Crippen LogP contribution in [0.4, 0.5) is 0 Å². The van der Waals surface area contributed by atoms with Crippen molar-refractivity contribution in [2.45, 2.75) is 45.1 Å². The van der Waals surface area contributed by atoms with E-state index in [0.717, 1.165) is 43.4 Å². The maximum Gasteiger partial charge on any atom is 0.223 e. The van der Waals surface area contributed by atoms with E-state index in [4.69, 9.17) is 4.74 Å². The highest BCUT2D eigenvalue weighted by Crippen LogP contribution is 2.40. The van der Waals surface area contributed by atoms with Crippen molar-refractivity contribution in [1.29, 1.82) is 0 Å². The van der Waals surface area contributed by atoms with Gasteiger partial charge in [0.2, 0.25) is 5.91 Å². The van der Waals surface area contributed by atoms with Crippen molar-refractivity contribution in [3.05, 3.63) is 29.8 Å². The third-order valence-corrected chi connectivity index (χ3v) is 5.38. The third-order valence-electron chi connectivity index (χ3n) is 5.38. The monoisotopic (exact) mass is 315 g/mol. The Balaban J connectivity index is 1.66. The lowest BCUT2D eigenvalue weighted by Gasteiger charge is -2.37. The summed E-state index contributed by atoms with van der Waals surface area (Å²) in [5.74, 6) is 1.46. The van der Waals surface area contributed by atoms with E-state index in [1.54, 1.807) is 7.11 Å². The van der Waals surface area contributed by atoms with Crippen LogP contribution in [-0.4, -0.2) is 18.8 Å². The zero-order chi connectivity index (χ0) is 16.4. The molecule has 2 aliphatic rings. The minimum atomic E-state index is -0.101. The van der Waals surface area contributed by atoms with E-state index in [1.807, 2.05) is 31.2 Å². The molecule has 124 valence electrons. The first kappa shape index (κ1) is 16.0. The third kappa shape index (κ3) is 3.26. The number of Topliss-reactive ketones (excluding diaryl/α,β-unsaturated/α-hetero) is 1. The molecule has 1 aromatic rings. The molecule has 4 nitrogen and oxygen atoms in total. The number of para-hydroxylation sites is 1. The molecule has 2 saturated carbocycles. The minimum Gasteiger partial charge on any atom is -0.496 e. The summed E-state index contributed by atoms with van der Waals surface area (Å²) in [6, 6.07) is 7.65. The Labute approximate surface area is 137 Å². The molecule has 1 unspecified atom stereocenters. The van der Waals surface area contributed by atoms with Gasteiger partial charge in [0, 0.05) is 23.3 Å². The van der Waals surface area contributed by atoms with Crippen molar-refractivity contribution in [2.75, 3.05) is 7.11 Å². The largest absolute Gasteiger partial charge is 0.496 e. The molecule has 0 heterocycles. The van der Waals surface area contributed by atoms with Crippen LogP contribution in [0.25, 0.3) is 0 Å². The van der Waals surface area contributed by atoms with Crippen LogP contribution in [0.15, 0.2) is 24.3 Å². The molecule has 1 amide bonds. The number of carbonyl (C=O) groups excluding carboxylic acids is 2. The SMILES string of the molecule is COc1ccccc1[C@@H](C)NC(=O)C1C[C@H]2CCC[C@@H](C1)C2=O. The van der Waals surface area contributed by atoms with Gasteiger partial charge in [0.1, 0.15) is 11.5 Å². The van der Waals surface area contributed by atoms with E-state index in [9.17, 15) is 9.59 Å². The summed E-state index contributed by atoms with van der Waals surface area (Å²) in [7, 11) is 1.64. The molecule has 2 fully saturated rings. The highest BCUT2D eigenvalue weighted by molar-refractivity contribution is 5.88.